The summed E-state index contributed by atoms with van der Waals surface area (Å²) in [7, 11) is 0. The van der Waals surface area contributed by atoms with Gasteiger partial charge in [0.05, 0.1) is 0 Å². The molecule has 0 aromatic rings. The van der Waals surface area contributed by atoms with Crippen LogP contribution in [-0.4, -0.2) is 6.04 Å². The first kappa shape index (κ1) is 16.0. The molecule has 1 aliphatic carbocycles. The maximum absolute atomic E-state index is 6.28. The summed E-state index contributed by atoms with van der Waals surface area (Å²) in [5, 5.41) is 0. The van der Waals surface area contributed by atoms with Gasteiger partial charge in [-0.15, -0.1) is 0 Å². The van der Waals surface area contributed by atoms with Crippen LogP contribution in [0.2, 0.25) is 0 Å². The third-order valence-electron chi connectivity index (χ3n) is 4.73. The van der Waals surface area contributed by atoms with Crippen LogP contribution in [0.4, 0.5) is 0 Å². The van der Waals surface area contributed by atoms with E-state index in [1.54, 1.807) is 0 Å². The largest absolute Gasteiger partial charge is 0.327 e. The quantitative estimate of drug-likeness (QED) is 0.698. The molecule has 1 aliphatic rings. The Morgan fingerprint density at radius 3 is 1.39 bits per heavy atom. The summed E-state index contributed by atoms with van der Waals surface area (Å²) in [5.74, 6) is 0.804. The van der Waals surface area contributed by atoms with Crippen LogP contribution in [-0.2, 0) is 0 Å². The Morgan fingerprint density at radius 2 is 1.06 bits per heavy atom. The lowest BCUT2D eigenvalue weighted by Crippen LogP contribution is -2.29. The van der Waals surface area contributed by atoms with Gasteiger partial charge in [0.25, 0.3) is 0 Å². The fraction of sp³-hybridized carbons (Fsp3) is 1.00. The lowest BCUT2D eigenvalue weighted by Gasteiger charge is -2.23. The Labute approximate surface area is 115 Å². The molecule has 0 amide bonds. The summed E-state index contributed by atoms with van der Waals surface area (Å²) < 4.78 is 0. The van der Waals surface area contributed by atoms with Crippen LogP contribution < -0.4 is 5.73 Å². The predicted molar refractivity (Wildman–Crippen MR) is 81.8 cm³/mol. The molecule has 2 N–H and O–H groups in total. The van der Waals surface area contributed by atoms with Gasteiger partial charge in [0.1, 0.15) is 0 Å². The standard InChI is InChI=1S/C17H35N/c1-2-17(18)16-14-12-10-8-6-4-3-5-7-9-11-13-15-16/h16-17H,2-15,18H2,1H3. The summed E-state index contributed by atoms with van der Waals surface area (Å²) >= 11 is 0. The third-order valence-corrected chi connectivity index (χ3v) is 4.73. The number of hydrogen-bond donors (Lipinski definition) is 1. The average molecular weight is 253 g/mol. The molecule has 1 fully saturated rings. The SMILES string of the molecule is CCC(N)C1CCCCCCCCCCCCC1. The molecule has 1 heteroatoms. The van der Waals surface area contributed by atoms with Crippen molar-refractivity contribution in [2.24, 2.45) is 11.7 Å². The number of hydrogen-bond acceptors (Lipinski definition) is 1. The summed E-state index contributed by atoms with van der Waals surface area (Å²) in [5.41, 5.74) is 6.28. The van der Waals surface area contributed by atoms with Gasteiger partial charge in [0.15, 0.2) is 0 Å². The fourth-order valence-corrected chi connectivity index (χ4v) is 3.31. The summed E-state index contributed by atoms with van der Waals surface area (Å²) in [6, 6.07) is 0.456. The second-order valence-electron chi connectivity index (χ2n) is 6.30. The second-order valence-corrected chi connectivity index (χ2v) is 6.30. The zero-order valence-corrected chi connectivity index (χ0v) is 12.6. The number of nitrogens with two attached hydrogens (primary N) is 1. The highest BCUT2D eigenvalue weighted by atomic mass is 14.6. The molecule has 0 radical (unpaired) electrons. The van der Waals surface area contributed by atoms with E-state index in [0.29, 0.717) is 6.04 Å². The van der Waals surface area contributed by atoms with Crippen molar-refractivity contribution in [3.8, 4) is 0 Å². The molecule has 1 atom stereocenters. The van der Waals surface area contributed by atoms with E-state index < -0.39 is 0 Å². The minimum absolute atomic E-state index is 0.456. The highest BCUT2D eigenvalue weighted by molar-refractivity contribution is 4.72. The van der Waals surface area contributed by atoms with Crippen LogP contribution >= 0.6 is 0 Å². The van der Waals surface area contributed by atoms with Gasteiger partial charge in [-0.1, -0.05) is 77.6 Å². The van der Waals surface area contributed by atoms with Gasteiger partial charge in [0.2, 0.25) is 0 Å². The van der Waals surface area contributed by atoms with Crippen LogP contribution in [0.5, 0.6) is 0 Å². The van der Waals surface area contributed by atoms with Crippen LogP contribution in [0.3, 0.4) is 0 Å². The molecule has 108 valence electrons. The first-order chi connectivity index (χ1) is 8.84. The molecule has 0 aliphatic heterocycles. The van der Waals surface area contributed by atoms with Crippen molar-refractivity contribution >= 4 is 0 Å². The molecule has 1 rings (SSSR count). The van der Waals surface area contributed by atoms with E-state index in [9.17, 15) is 0 Å². The van der Waals surface area contributed by atoms with Crippen molar-refractivity contribution in [1.29, 1.82) is 0 Å². The fourth-order valence-electron chi connectivity index (χ4n) is 3.31. The van der Waals surface area contributed by atoms with E-state index in [1.807, 2.05) is 0 Å². The van der Waals surface area contributed by atoms with Gasteiger partial charge in [-0.25, -0.2) is 0 Å². The molecule has 1 saturated carbocycles. The van der Waals surface area contributed by atoms with Crippen LogP contribution in [0, 0.1) is 5.92 Å². The molecule has 0 heterocycles. The molecule has 0 aromatic carbocycles. The smallest absolute Gasteiger partial charge is 0.00645 e. The van der Waals surface area contributed by atoms with Gasteiger partial charge >= 0.3 is 0 Å². The first-order valence-corrected chi connectivity index (χ1v) is 8.60. The highest BCUT2D eigenvalue weighted by Gasteiger charge is 2.15. The van der Waals surface area contributed by atoms with E-state index >= 15 is 0 Å². The van der Waals surface area contributed by atoms with Gasteiger partial charge in [0, 0.05) is 6.04 Å². The Hall–Kier alpha value is -0.0400. The van der Waals surface area contributed by atoms with Gasteiger partial charge in [-0.2, -0.15) is 0 Å². The van der Waals surface area contributed by atoms with Gasteiger partial charge in [-0.3, -0.25) is 0 Å². The van der Waals surface area contributed by atoms with E-state index in [4.69, 9.17) is 5.73 Å². The lowest BCUT2D eigenvalue weighted by atomic mass is 9.87. The molecule has 0 spiro atoms. The van der Waals surface area contributed by atoms with Crippen molar-refractivity contribution in [2.45, 2.75) is 103 Å². The maximum Gasteiger partial charge on any atom is 0.00645 e. The molecule has 0 aromatic heterocycles. The van der Waals surface area contributed by atoms with Crippen molar-refractivity contribution in [1.82, 2.24) is 0 Å². The van der Waals surface area contributed by atoms with Crippen molar-refractivity contribution in [2.75, 3.05) is 0 Å². The van der Waals surface area contributed by atoms with Crippen molar-refractivity contribution < 1.29 is 0 Å². The van der Waals surface area contributed by atoms with Gasteiger partial charge < -0.3 is 5.73 Å². The Morgan fingerprint density at radius 1 is 0.722 bits per heavy atom. The molecule has 0 saturated heterocycles. The topological polar surface area (TPSA) is 26.0 Å². The maximum atomic E-state index is 6.28. The van der Waals surface area contributed by atoms with E-state index in [1.165, 1.54) is 83.5 Å². The predicted octanol–water partition coefficient (Wildman–Crippen LogP) is 5.42. The van der Waals surface area contributed by atoms with E-state index in [2.05, 4.69) is 6.92 Å². The lowest BCUT2D eigenvalue weighted by molar-refractivity contribution is 0.333. The minimum Gasteiger partial charge on any atom is -0.327 e. The first-order valence-electron chi connectivity index (χ1n) is 8.60. The minimum atomic E-state index is 0.456. The van der Waals surface area contributed by atoms with E-state index in [-0.39, 0.29) is 0 Å². The van der Waals surface area contributed by atoms with Crippen LogP contribution in [0.15, 0.2) is 0 Å². The zero-order chi connectivity index (χ0) is 13.1. The second kappa shape index (κ2) is 10.8. The normalized spacial score (nSPS) is 24.3. The Kier molecular flexibility index (Phi) is 9.65. The van der Waals surface area contributed by atoms with Crippen molar-refractivity contribution in [3.63, 3.8) is 0 Å². The molecular weight excluding hydrogens is 218 g/mol. The third kappa shape index (κ3) is 7.41. The Balaban J connectivity index is 2.29. The van der Waals surface area contributed by atoms with Crippen LogP contribution in [0.1, 0.15) is 96.8 Å². The summed E-state index contributed by atoms with van der Waals surface area (Å²) in [6.45, 7) is 2.25. The Bertz CT molecular complexity index is 164. The summed E-state index contributed by atoms with van der Waals surface area (Å²) in [4.78, 5) is 0. The molecular formula is C17H35N. The average Bonchev–Trinajstić information content (AvgIpc) is 2.40. The molecule has 1 nitrogen and oxygen atoms in total. The highest BCUT2D eigenvalue weighted by Crippen LogP contribution is 2.23. The monoisotopic (exact) mass is 253 g/mol. The number of rotatable bonds is 2. The molecule has 0 bridgehead atoms. The molecule has 18 heavy (non-hydrogen) atoms. The van der Waals surface area contributed by atoms with Crippen molar-refractivity contribution in [3.05, 3.63) is 0 Å². The van der Waals surface area contributed by atoms with Gasteiger partial charge in [-0.05, 0) is 25.2 Å². The molecule has 1 unspecified atom stereocenters. The van der Waals surface area contributed by atoms with E-state index in [0.717, 1.165) is 12.3 Å². The summed E-state index contributed by atoms with van der Waals surface area (Å²) in [6.07, 6.45) is 19.9. The van der Waals surface area contributed by atoms with Crippen LogP contribution in [0.25, 0.3) is 0 Å². The zero-order valence-electron chi connectivity index (χ0n) is 12.6.